The van der Waals surface area contributed by atoms with Crippen molar-refractivity contribution in [3.05, 3.63) is 86.6 Å². The number of carbonyl (C=O) groups excluding carboxylic acids is 2. The van der Waals surface area contributed by atoms with Crippen molar-refractivity contribution in [1.29, 1.82) is 0 Å². The molecular formula is C24H20ClNO5S. The fourth-order valence-electron chi connectivity index (χ4n) is 3.73. The molecule has 2 heterocycles. The minimum atomic E-state index is -0.783. The normalized spacial score (nSPS) is 17.6. The van der Waals surface area contributed by atoms with Crippen molar-refractivity contribution in [2.75, 3.05) is 14.2 Å². The van der Waals surface area contributed by atoms with Gasteiger partial charge in [-0.3, -0.25) is 9.59 Å². The number of aliphatic hydroxyl groups excluding tert-OH is 1. The lowest BCUT2D eigenvalue weighted by Gasteiger charge is -2.25. The molecule has 1 unspecified atom stereocenters. The first-order chi connectivity index (χ1) is 15.4. The highest BCUT2D eigenvalue weighted by molar-refractivity contribution is 7.09. The SMILES string of the molecule is COc1cccc(C2/C(=C(/O)c3ccc(Cl)c(OC)c3)C(=O)C(=O)N2Cc2cccs2)c1. The number of thiophene rings is 1. The van der Waals surface area contributed by atoms with Gasteiger partial charge in [0, 0.05) is 10.4 Å². The zero-order chi connectivity index (χ0) is 22.8. The van der Waals surface area contributed by atoms with Crippen molar-refractivity contribution in [1.82, 2.24) is 4.90 Å². The van der Waals surface area contributed by atoms with Crippen LogP contribution in [0.15, 0.2) is 65.6 Å². The standard InChI is InChI=1S/C24H20ClNO5S/c1-30-16-6-3-5-14(11-16)21-20(22(27)15-8-9-18(25)19(12-15)31-2)23(28)24(29)26(21)13-17-7-4-10-32-17/h3-12,21,27H,13H2,1-2H3/b22-20-. The summed E-state index contributed by atoms with van der Waals surface area (Å²) in [5.74, 6) is -0.784. The van der Waals surface area contributed by atoms with Gasteiger partial charge in [0.15, 0.2) is 0 Å². The van der Waals surface area contributed by atoms with Crippen LogP contribution in [0.4, 0.5) is 0 Å². The molecule has 1 N–H and O–H groups in total. The minimum Gasteiger partial charge on any atom is -0.507 e. The lowest BCUT2D eigenvalue weighted by Crippen LogP contribution is -2.28. The summed E-state index contributed by atoms with van der Waals surface area (Å²) in [5.41, 5.74) is 0.986. The predicted octanol–water partition coefficient (Wildman–Crippen LogP) is 5.04. The van der Waals surface area contributed by atoms with Gasteiger partial charge in [-0.25, -0.2) is 0 Å². The lowest BCUT2D eigenvalue weighted by atomic mass is 9.95. The van der Waals surface area contributed by atoms with Gasteiger partial charge in [0.05, 0.1) is 37.4 Å². The van der Waals surface area contributed by atoms with E-state index in [0.29, 0.717) is 27.6 Å². The maximum atomic E-state index is 13.1. The molecule has 4 rings (SSSR count). The molecule has 1 aliphatic rings. The second-order valence-electron chi connectivity index (χ2n) is 7.13. The molecule has 32 heavy (non-hydrogen) atoms. The van der Waals surface area contributed by atoms with E-state index >= 15 is 0 Å². The number of Topliss-reactive ketones (excluding diaryl/α,β-unsaturated/α-hetero) is 1. The van der Waals surface area contributed by atoms with E-state index in [1.165, 1.54) is 29.4 Å². The third-order valence-corrected chi connectivity index (χ3v) is 6.45. The average Bonchev–Trinajstić information content (AvgIpc) is 3.41. The first-order valence-electron chi connectivity index (χ1n) is 9.73. The summed E-state index contributed by atoms with van der Waals surface area (Å²) < 4.78 is 10.6. The second kappa shape index (κ2) is 9.06. The van der Waals surface area contributed by atoms with Crippen molar-refractivity contribution in [2.24, 2.45) is 0 Å². The third-order valence-electron chi connectivity index (χ3n) is 5.28. The number of carbonyl (C=O) groups is 2. The molecule has 0 spiro atoms. The first kappa shape index (κ1) is 21.9. The number of amides is 1. The molecule has 3 aromatic rings. The van der Waals surface area contributed by atoms with Gasteiger partial charge in [-0.2, -0.15) is 0 Å². The van der Waals surface area contributed by atoms with Crippen LogP contribution in [0, 0.1) is 0 Å². The Kier molecular flexibility index (Phi) is 6.21. The van der Waals surface area contributed by atoms with Crippen LogP contribution in [-0.4, -0.2) is 35.9 Å². The number of halogens is 1. The molecule has 6 nitrogen and oxygen atoms in total. The molecule has 1 atom stereocenters. The maximum Gasteiger partial charge on any atom is 0.295 e. The highest BCUT2D eigenvalue weighted by Gasteiger charge is 2.46. The Bertz CT molecular complexity index is 1200. The Morgan fingerprint density at radius 1 is 1.09 bits per heavy atom. The van der Waals surface area contributed by atoms with E-state index in [1.807, 2.05) is 17.5 Å². The number of methoxy groups -OCH3 is 2. The fourth-order valence-corrected chi connectivity index (χ4v) is 4.63. The van der Waals surface area contributed by atoms with Gasteiger partial charge in [-0.1, -0.05) is 29.8 Å². The van der Waals surface area contributed by atoms with Crippen LogP contribution in [-0.2, 0) is 16.1 Å². The Balaban J connectivity index is 1.89. The summed E-state index contributed by atoms with van der Waals surface area (Å²) in [6, 6.07) is 14.8. The van der Waals surface area contributed by atoms with Gasteiger partial charge in [0.25, 0.3) is 11.7 Å². The molecule has 8 heteroatoms. The molecule has 1 fully saturated rings. The molecular weight excluding hydrogens is 450 g/mol. The number of nitrogens with zero attached hydrogens (tertiary/aromatic N) is 1. The summed E-state index contributed by atoms with van der Waals surface area (Å²) in [5, 5.41) is 13.5. The van der Waals surface area contributed by atoms with E-state index < -0.39 is 17.7 Å². The van der Waals surface area contributed by atoms with Crippen LogP contribution in [0.25, 0.3) is 5.76 Å². The van der Waals surface area contributed by atoms with Crippen molar-refractivity contribution >= 4 is 40.4 Å². The number of likely N-dealkylation sites (tertiary alicyclic amines) is 1. The van der Waals surface area contributed by atoms with Crippen molar-refractivity contribution in [3.8, 4) is 11.5 Å². The number of hydrogen-bond donors (Lipinski definition) is 1. The number of benzene rings is 2. The van der Waals surface area contributed by atoms with Gasteiger partial charge >= 0.3 is 0 Å². The average molecular weight is 470 g/mol. The fraction of sp³-hybridized carbons (Fsp3) is 0.167. The van der Waals surface area contributed by atoms with Crippen molar-refractivity contribution in [3.63, 3.8) is 0 Å². The lowest BCUT2D eigenvalue weighted by molar-refractivity contribution is -0.140. The van der Waals surface area contributed by atoms with Gasteiger partial charge in [-0.15, -0.1) is 11.3 Å². The largest absolute Gasteiger partial charge is 0.507 e. The van der Waals surface area contributed by atoms with Crippen LogP contribution in [0.3, 0.4) is 0 Å². The molecule has 1 amide bonds. The minimum absolute atomic E-state index is 0.00387. The monoisotopic (exact) mass is 469 g/mol. The summed E-state index contributed by atoms with van der Waals surface area (Å²) in [4.78, 5) is 28.6. The van der Waals surface area contributed by atoms with Crippen LogP contribution >= 0.6 is 22.9 Å². The van der Waals surface area contributed by atoms with E-state index in [0.717, 1.165) is 4.88 Å². The maximum absolute atomic E-state index is 13.1. The van der Waals surface area contributed by atoms with Gasteiger partial charge in [0.1, 0.15) is 17.3 Å². The molecule has 2 aromatic carbocycles. The van der Waals surface area contributed by atoms with Crippen molar-refractivity contribution < 1.29 is 24.2 Å². The Labute approximate surface area is 194 Å². The van der Waals surface area contributed by atoms with E-state index in [2.05, 4.69) is 0 Å². The van der Waals surface area contributed by atoms with E-state index in [4.69, 9.17) is 21.1 Å². The number of rotatable bonds is 6. The first-order valence-corrected chi connectivity index (χ1v) is 11.0. The molecule has 164 valence electrons. The number of aliphatic hydroxyl groups is 1. The Hall–Kier alpha value is -3.29. The molecule has 0 radical (unpaired) electrons. The zero-order valence-electron chi connectivity index (χ0n) is 17.4. The molecule has 0 aliphatic carbocycles. The highest BCUT2D eigenvalue weighted by Crippen LogP contribution is 2.42. The molecule has 0 saturated carbocycles. The van der Waals surface area contributed by atoms with Crippen LogP contribution < -0.4 is 9.47 Å². The Morgan fingerprint density at radius 2 is 1.91 bits per heavy atom. The smallest absolute Gasteiger partial charge is 0.295 e. The molecule has 0 bridgehead atoms. The second-order valence-corrected chi connectivity index (χ2v) is 8.57. The molecule has 1 aliphatic heterocycles. The van der Waals surface area contributed by atoms with E-state index in [9.17, 15) is 14.7 Å². The number of hydrogen-bond acceptors (Lipinski definition) is 6. The highest BCUT2D eigenvalue weighted by atomic mass is 35.5. The van der Waals surface area contributed by atoms with Gasteiger partial charge in [0.2, 0.25) is 0 Å². The summed E-state index contributed by atoms with van der Waals surface area (Å²) in [6.45, 7) is 0.241. The number of ether oxygens (including phenoxy) is 2. The summed E-state index contributed by atoms with van der Waals surface area (Å²) in [7, 11) is 3.00. The third kappa shape index (κ3) is 3.97. The summed E-state index contributed by atoms with van der Waals surface area (Å²) in [6.07, 6.45) is 0. The Morgan fingerprint density at radius 3 is 2.59 bits per heavy atom. The van der Waals surface area contributed by atoms with Crippen molar-refractivity contribution in [2.45, 2.75) is 12.6 Å². The zero-order valence-corrected chi connectivity index (χ0v) is 18.9. The topological polar surface area (TPSA) is 76.1 Å². The van der Waals surface area contributed by atoms with Crippen LogP contribution in [0.1, 0.15) is 22.0 Å². The summed E-state index contributed by atoms with van der Waals surface area (Å²) >= 11 is 7.60. The predicted molar refractivity (Wildman–Crippen MR) is 123 cm³/mol. The quantitative estimate of drug-likeness (QED) is 0.311. The molecule has 1 aromatic heterocycles. The van der Waals surface area contributed by atoms with Gasteiger partial charge < -0.3 is 19.5 Å². The van der Waals surface area contributed by atoms with Gasteiger partial charge in [-0.05, 0) is 47.3 Å². The van der Waals surface area contributed by atoms with Crippen LogP contribution in [0.2, 0.25) is 5.02 Å². The number of ketones is 1. The van der Waals surface area contributed by atoms with Crippen LogP contribution in [0.5, 0.6) is 11.5 Å². The molecule has 1 saturated heterocycles. The van der Waals surface area contributed by atoms with E-state index in [-0.39, 0.29) is 17.9 Å². The van der Waals surface area contributed by atoms with E-state index in [1.54, 1.807) is 43.5 Å².